The number of aromatic nitrogens is 2. The van der Waals surface area contributed by atoms with Crippen molar-refractivity contribution in [1.82, 2.24) is 15.1 Å². The van der Waals surface area contributed by atoms with Crippen molar-refractivity contribution >= 4 is 5.69 Å². The van der Waals surface area contributed by atoms with Gasteiger partial charge in [-0.1, -0.05) is 29.8 Å². The van der Waals surface area contributed by atoms with E-state index in [2.05, 4.69) is 77.2 Å². The first-order valence-electron chi connectivity index (χ1n) is 9.56. The lowest BCUT2D eigenvalue weighted by Crippen LogP contribution is -2.47. The average Bonchev–Trinajstić information content (AvgIpc) is 3.18. The fourth-order valence-electron chi connectivity index (χ4n) is 3.56. The Hall–Kier alpha value is -2.66. The molecule has 1 unspecified atom stereocenters. The monoisotopic (exact) mass is 362 g/mol. The van der Waals surface area contributed by atoms with Gasteiger partial charge in [0, 0.05) is 37.4 Å². The zero-order valence-corrected chi connectivity index (χ0v) is 16.2. The highest BCUT2D eigenvalue weighted by molar-refractivity contribution is 5.53. The van der Waals surface area contributed by atoms with E-state index in [1.807, 2.05) is 12.1 Å². The number of benzene rings is 2. The van der Waals surface area contributed by atoms with Crippen LogP contribution in [-0.2, 0) is 0 Å². The van der Waals surface area contributed by atoms with Crippen LogP contribution >= 0.6 is 0 Å². The van der Waals surface area contributed by atoms with Crippen LogP contribution in [0.15, 0.2) is 52.9 Å². The smallest absolute Gasteiger partial charge is 0.247 e. The first-order chi connectivity index (χ1) is 13.1. The molecule has 1 aromatic heterocycles. The Kier molecular flexibility index (Phi) is 4.94. The summed E-state index contributed by atoms with van der Waals surface area (Å²) in [6.07, 6.45) is 0. The van der Waals surface area contributed by atoms with Gasteiger partial charge in [-0.2, -0.15) is 0 Å². The van der Waals surface area contributed by atoms with Crippen LogP contribution in [0.25, 0.3) is 11.5 Å². The molecule has 1 saturated heterocycles. The van der Waals surface area contributed by atoms with Gasteiger partial charge in [0.1, 0.15) is 0 Å². The van der Waals surface area contributed by atoms with E-state index in [-0.39, 0.29) is 6.04 Å². The molecule has 1 aliphatic rings. The van der Waals surface area contributed by atoms with E-state index in [1.54, 1.807) is 0 Å². The van der Waals surface area contributed by atoms with Crippen LogP contribution in [0.5, 0.6) is 0 Å². The number of hydrogen-bond acceptors (Lipinski definition) is 5. The molecule has 5 heteroatoms. The first kappa shape index (κ1) is 17.7. The Labute approximate surface area is 160 Å². The summed E-state index contributed by atoms with van der Waals surface area (Å²) in [7, 11) is 0. The zero-order chi connectivity index (χ0) is 18.8. The molecule has 0 aliphatic carbocycles. The second kappa shape index (κ2) is 7.53. The Morgan fingerprint density at radius 3 is 2.33 bits per heavy atom. The van der Waals surface area contributed by atoms with Gasteiger partial charge >= 0.3 is 0 Å². The highest BCUT2D eigenvalue weighted by Gasteiger charge is 2.26. The highest BCUT2D eigenvalue weighted by Crippen LogP contribution is 2.26. The molecule has 140 valence electrons. The molecule has 0 amide bonds. The number of anilines is 1. The van der Waals surface area contributed by atoms with Gasteiger partial charge in [-0.05, 0) is 50.6 Å². The molecule has 1 aliphatic heterocycles. The summed E-state index contributed by atoms with van der Waals surface area (Å²) in [5.74, 6) is 1.28. The number of rotatable bonds is 4. The summed E-state index contributed by atoms with van der Waals surface area (Å²) in [6, 6.07) is 17.0. The van der Waals surface area contributed by atoms with Crippen molar-refractivity contribution in [3.8, 4) is 11.5 Å². The third-order valence-corrected chi connectivity index (χ3v) is 5.33. The molecule has 0 radical (unpaired) electrons. The molecule has 1 atom stereocenters. The minimum Gasteiger partial charge on any atom is -0.419 e. The van der Waals surface area contributed by atoms with Crippen LogP contribution in [0, 0.1) is 13.8 Å². The van der Waals surface area contributed by atoms with Gasteiger partial charge in [0.2, 0.25) is 11.8 Å². The molecule has 2 aromatic carbocycles. The second-order valence-corrected chi connectivity index (χ2v) is 7.35. The number of hydrogen-bond donors (Lipinski definition) is 0. The van der Waals surface area contributed by atoms with Gasteiger partial charge < -0.3 is 9.32 Å². The minimum absolute atomic E-state index is 0.122. The van der Waals surface area contributed by atoms with Crippen LogP contribution in [0.2, 0.25) is 0 Å². The normalized spacial score (nSPS) is 16.5. The molecule has 2 heterocycles. The highest BCUT2D eigenvalue weighted by atomic mass is 16.4. The number of piperazine rings is 1. The van der Waals surface area contributed by atoms with Crippen LogP contribution < -0.4 is 4.90 Å². The maximum Gasteiger partial charge on any atom is 0.247 e. The molecule has 0 bridgehead atoms. The molecule has 3 aromatic rings. The Bertz CT molecular complexity index is 895. The van der Waals surface area contributed by atoms with Crippen molar-refractivity contribution in [2.24, 2.45) is 0 Å². The predicted octanol–water partition coefficient (Wildman–Crippen LogP) is 4.24. The third kappa shape index (κ3) is 3.88. The van der Waals surface area contributed by atoms with Gasteiger partial charge in [0.05, 0.1) is 6.04 Å². The van der Waals surface area contributed by atoms with Gasteiger partial charge in [-0.15, -0.1) is 10.2 Å². The largest absolute Gasteiger partial charge is 0.419 e. The molecule has 5 nitrogen and oxygen atoms in total. The maximum absolute atomic E-state index is 5.97. The van der Waals surface area contributed by atoms with Gasteiger partial charge in [-0.3, -0.25) is 4.90 Å². The van der Waals surface area contributed by atoms with E-state index in [0.29, 0.717) is 11.8 Å². The lowest BCUT2D eigenvalue weighted by atomic mass is 10.1. The van der Waals surface area contributed by atoms with E-state index >= 15 is 0 Å². The standard InChI is InChI=1S/C22H26N4O/c1-16-7-9-19(10-8-16)22-24-23-21(27-22)18(3)25-11-13-26(14-12-25)20-6-4-5-17(2)15-20/h4-10,15,18H,11-14H2,1-3H3. The van der Waals surface area contributed by atoms with Crippen LogP contribution in [0.4, 0.5) is 5.69 Å². The lowest BCUT2D eigenvalue weighted by Gasteiger charge is -2.38. The quantitative estimate of drug-likeness (QED) is 0.695. The molecular weight excluding hydrogens is 336 g/mol. The number of nitrogens with zero attached hydrogens (tertiary/aromatic N) is 4. The molecule has 0 N–H and O–H groups in total. The molecule has 1 fully saturated rings. The van der Waals surface area contributed by atoms with Gasteiger partial charge in [0.25, 0.3) is 0 Å². The summed E-state index contributed by atoms with van der Waals surface area (Å²) in [6.45, 7) is 10.3. The summed E-state index contributed by atoms with van der Waals surface area (Å²) >= 11 is 0. The number of aryl methyl sites for hydroxylation is 2. The zero-order valence-electron chi connectivity index (χ0n) is 16.2. The fourth-order valence-corrected chi connectivity index (χ4v) is 3.56. The van der Waals surface area contributed by atoms with Crippen LogP contribution in [0.1, 0.15) is 30.0 Å². The first-order valence-corrected chi connectivity index (χ1v) is 9.56. The molecule has 4 rings (SSSR count). The summed E-state index contributed by atoms with van der Waals surface area (Å²) < 4.78 is 5.97. The van der Waals surface area contributed by atoms with Crippen molar-refractivity contribution in [2.75, 3.05) is 31.1 Å². The Balaban J connectivity index is 1.41. The molecule has 0 spiro atoms. The summed E-state index contributed by atoms with van der Waals surface area (Å²) in [5.41, 5.74) is 4.80. The molecule has 27 heavy (non-hydrogen) atoms. The van der Waals surface area contributed by atoms with Crippen molar-refractivity contribution in [1.29, 1.82) is 0 Å². The second-order valence-electron chi connectivity index (χ2n) is 7.35. The van der Waals surface area contributed by atoms with E-state index in [1.165, 1.54) is 16.8 Å². The van der Waals surface area contributed by atoms with E-state index in [0.717, 1.165) is 31.7 Å². The average molecular weight is 362 g/mol. The van der Waals surface area contributed by atoms with E-state index < -0.39 is 0 Å². The van der Waals surface area contributed by atoms with Crippen molar-refractivity contribution in [2.45, 2.75) is 26.8 Å². The van der Waals surface area contributed by atoms with Crippen molar-refractivity contribution in [3.05, 3.63) is 65.5 Å². The van der Waals surface area contributed by atoms with Crippen molar-refractivity contribution < 1.29 is 4.42 Å². The lowest BCUT2D eigenvalue weighted by molar-refractivity contribution is 0.174. The summed E-state index contributed by atoms with van der Waals surface area (Å²) in [4.78, 5) is 4.86. The van der Waals surface area contributed by atoms with E-state index in [4.69, 9.17) is 4.42 Å². The minimum atomic E-state index is 0.122. The molecular formula is C22H26N4O. The van der Waals surface area contributed by atoms with Crippen LogP contribution in [-0.4, -0.2) is 41.3 Å². The molecule has 0 saturated carbocycles. The predicted molar refractivity (Wildman–Crippen MR) is 108 cm³/mol. The van der Waals surface area contributed by atoms with Crippen LogP contribution in [0.3, 0.4) is 0 Å². The summed E-state index contributed by atoms with van der Waals surface area (Å²) in [5, 5.41) is 8.56. The third-order valence-electron chi connectivity index (χ3n) is 5.33. The topological polar surface area (TPSA) is 45.4 Å². The Morgan fingerprint density at radius 2 is 1.63 bits per heavy atom. The Morgan fingerprint density at radius 1 is 0.889 bits per heavy atom. The SMILES string of the molecule is Cc1ccc(-c2nnc(C(C)N3CCN(c4cccc(C)c4)CC3)o2)cc1. The van der Waals surface area contributed by atoms with Gasteiger partial charge in [0.15, 0.2) is 0 Å². The fraction of sp³-hybridized carbons (Fsp3) is 0.364. The maximum atomic E-state index is 5.97. The van der Waals surface area contributed by atoms with Crippen molar-refractivity contribution in [3.63, 3.8) is 0 Å². The van der Waals surface area contributed by atoms with E-state index in [9.17, 15) is 0 Å². The van der Waals surface area contributed by atoms with Gasteiger partial charge in [-0.25, -0.2) is 0 Å².